The Morgan fingerprint density at radius 3 is 3.05 bits per heavy atom. The summed E-state index contributed by atoms with van der Waals surface area (Å²) in [6.45, 7) is 4.33. The van der Waals surface area contributed by atoms with Crippen molar-refractivity contribution in [1.82, 2.24) is 15.6 Å². The summed E-state index contributed by atoms with van der Waals surface area (Å²) < 4.78 is 5.24. The maximum atomic E-state index is 11.7. The third-order valence-corrected chi connectivity index (χ3v) is 3.50. The van der Waals surface area contributed by atoms with E-state index in [0.717, 1.165) is 16.5 Å². The Morgan fingerprint density at radius 2 is 2.42 bits per heavy atom. The highest BCUT2D eigenvalue weighted by molar-refractivity contribution is 7.09. The monoisotopic (exact) mass is 279 g/mol. The molecule has 2 aromatic rings. The van der Waals surface area contributed by atoms with Crippen LogP contribution in [0.2, 0.25) is 0 Å². The number of thiazole rings is 1. The summed E-state index contributed by atoms with van der Waals surface area (Å²) in [5.74, 6) is 0.864. The smallest absolute Gasteiger partial charge is 0.315 e. The van der Waals surface area contributed by atoms with Crippen molar-refractivity contribution in [3.63, 3.8) is 0 Å². The molecule has 0 radical (unpaired) electrons. The predicted molar refractivity (Wildman–Crippen MR) is 74.1 cm³/mol. The molecule has 0 spiro atoms. The molecule has 1 atom stereocenters. The molecule has 2 rings (SSSR count). The highest BCUT2D eigenvalue weighted by Gasteiger charge is 2.09. The number of nitrogens with one attached hydrogen (secondary N) is 2. The van der Waals surface area contributed by atoms with Crippen LogP contribution in [0.5, 0.6) is 0 Å². The topological polar surface area (TPSA) is 67.2 Å². The van der Waals surface area contributed by atoms with E-state index in [-0.39, 0.29) is 12.1 Å². The van der Waals surface area contributed by atoms with Crippen molar-refractivity contribution in [1.29, 1.82) is 0 Å². The average Bonchev–Trinajstić information content (AvgIpc) is 2.98. The Bertz CT molecular complexity index is 522. The summed E-state index contributed by atoms with van der Waals surface area (Å²) in [6.07, 6.45) is 2.31. The first-order valence-electron chi connectivity index (χ1n) is 6.11. The van der Waals surface area contributed by atoms with Crippen LogP contribution in [0.15, 0.2) is 28.2 Å². The SMILES string of the molecule is Cc1csc(CNC(=O)NC(C)Cc2ccco2)n1. The van der Waals surface area contributed by atoms with Crippen molar-refractivity contribution in [2.75, 3.05) is 0 Å². The number of nitrogens with zero attached hydrogens (tertiary/aromatic N) is 1. The summed E-state index contributed by atoms with van der Waals surface area (Å²) in [6, 6.07) is 3.57. The molecular weight excluding hydrogens is 262 g/mol. The zero-order valence-electron chi connectivity index (χ0n) is 11.0. The molecule has 0 aliphatic rings. The number of carbonyl (C=O) groups is 1. The molecule has 1 unspecified atom stereocenters. The van der Waals surface area contributed by atoms with Crippen molar-refractivity contribution in [2.45, 2.75) is 32.9 Å². The molecule has 0 bridgehead atoms. The molecule has 6 heteroatoms. The fourth-order valence-corrected chi connectivity index (χ4v) is 2.41. The summed E-state index contributed by atoms with van der Waals surface area (Å²) in [5.41, 5.74) is 0.980. The quantitative estimate of drug-likeness (QED) is 0.883. The van der Waals surface area contributed by atoms with Gasteiger partial charge >= 0.3 is 6.03 Å². The molecule has 5 nitrogen and oxygen atoms in total. The number of hydrogen-bond acceptors (Lipinski definition) is 4. The van der Waals surface area contributed by atoms with Gasteiger partial charge in [0.1, 0.15) is 10.8 Å². The molecule has 0 aromatic carbocycles. The lowest BCUT2D eigenvalue weighted by molar-refractivity contribution is 0.237. The van der Waals surface area contributed by atoms with Gasteiger partial charge in [-0.15, -0.1) is 11.3 Å². The second kappa shape index (κ2) is 6.38. The van der Waals surface area contributed by atoms with Crippen LogP contribution in [0.4, 0.5) is 4.79 Å². The van der Waals surface area contributed by atoms with Crippen LogP contribution < -0.4 is 10.6 Å². The van der Waals surface area contributed by atoms with Gasteiger partial charge in [0.15, 0.2) is 0 Å². The van der Waals surface area contributed by atoms with E-state index in [4.69, 9.17) is 4.42 Å². The Labute approximate surface area is 116 Å². The van der Waals surface area contributed by atoms with Crippen LogP contribution in [-0.4, -0.2) is 17.1 Å². The average molecular weight is 279 g/mol. The van der Waals surface area contributed by atoms with Crippen molar-refractivity contribution >= 4 is 17.4 Å². The lowest BCUT2D eigenvalue weighted by atomic mass is 10.2. The van der Waals surface area contributed by atoms with Gasteiger partial charge in [-0.1, -0.05) is 0 Å². The van der Waals surface area contributed by atoms with E-state index in [1.54, 1.807) is 17.6 Å². The number of aryl methyl sites for hydroxylation is 1. The first kappa shape index (κ1) is 13.6. The van der Waals surface area contributed by atoms with Crippen LogP contribution in [0.1, 0.15) is 23.4 Å². The lowest BCUT2D eigenvalue weighted by Crippen LogP contribution is -2.41. The van der Waals surface area contributed by atoms with Gasteiger partial charge in [0.05, 0.1) is 12.8 Å². The second-order valence-electron chi connectivity index (χ2n) is 4.39. The van der Waals surface area contributed by atoms with E-state index in [0.29, 0.717) is 13.0 Å². The van der Waals surface area contributed by atoms with Crippen LogP contribution >= 0.6 is 11.3 Å². The molecular formula is C13H17N3O2S. The number of rotatable bonds is 5. The third-order valence-electron chi connectivity index (χ3n) is 2.53. The molecule has 2 N–H and O–H groups in total. The fraction of sp³-hybridized carbons (Fsp3) is 0.385. The molecule has 102 valence electrons. The molecule has 0 fully saturated rings. The Hall–Kier alpha value is -1.82. The van der Waals surface area contributed by atoms with Gasteiger partial charge in [-0.05, 0) is 26.0 Å². The van der Waals surface area contributed by atoms with Gasteiger partial charge < -0.3 is 15.1 Å². The number of furan rings is 1. The Kier molecular flexibility index (Phi) is 4.57. The standard InChI is InChI=1S/C13H17N3O2S/c1-9(6-11-4-3-5-18-11)16-13(17)14-7-12-15-10(2)8-19-12/h3-5,8-9H,6-7H2,1-2H3,(H2,14,16,17). The third kappa shape index (κ3) is 4.40. The van der Waals surface area contributed by atoms with E-state index in [2.05, 4.69) is 15.6 Å². The summed E-state index contributed by atoms with van der Waals surface area (Å²) in [4.78, 5) is 16.0. The second-order valence-corrected chi connectivity index (χ2v) is 5.34. The van der Waals surface area contributed by atoms with E-state index < -0.39 is 0 Å². The maximum absolute atomic E-state index is 11.7. The molecule has 0 aliphatic heterocycles. The molecule has 2 heterocycles. The Balaban J connectivity index is 1.71. The molecule has 2 aromatic heterocycles. The zero-order chi connectivity index (χ0) is 13.7. The van der Waals surface area contributed by atoms with Crippen LogP contribution in [0.25, 0.3) is 0 Å². The van der Waals surface area contributed by atoms with Gasteiger partial charge in [-0.2, -0.15) is 0 Å². The zero-order valence-corrected chi connectivity index (χ0v) is 11.8. The maximum Gasteiger partial charge on any atom is 0.315 e. The number of urea groups is 1. The van der Waals surface area contributed by atoms with Crippen molar-refractivity contribution in [3.05, 3.63) is 40.2 Å². The normalized spacial score (nSPS) is 12.1. The first-order valence-corrected chi connectivity index (χ1v) is 6.99. The van der Waals surface area contributed by atoms with Crippen molar-refractivity contribution in [2.24, 2.45) is 0 Å². The van der Waals surface area contributed by atoms with Crippen LogP contribution in [-0.2, 0) is 13.0 Å². The summed E-state index contributed by atoms with van der Waals surface area (Å²) in [5, 5.41) is 8.53. The van der Waals surface area contributed by atoms with Gasteiger partial charge in [-0.3, -0.25) is 0 Å². The van der Waals surface area contributed by atoms with E-state index >= 15 is 0 Å². The van der Waals surface area contributed by atoms with Crippen LogP contribution in [0, 0.1) is 6.92 Å². The minimum absolute atomic E-state index is 0.0178. The summed E-state index contributed by atoms with van der Waals surface area (Å²) >= 11 is 1.55. The largest absolute Gasteiger partial charge is 0.469 e. The molecule has 2 amide bonds. The van der Waals surface area contributed by atoms with Gasteiger partial charge in [0.2, 0.25) is 0 Å². The molecule has 0 aliphatic carbocycles. The van der Waals surface area contributed by atoms with E-state index in [9.17, 15) is 4.79 Å². The first-order chi connectivity index (χ1) is 9.13. The van der Waals surface area contributed by atoms with E-state index in [1.807, 2.05) is 31.4 Å². The Morgan fingerprint density at radius 1 is 1.58 bits per heavy atom. The fourth-order valence-electron chi connectivity index (χ4n) is 1.70. The number of carbonyl (C=O) groups excluding carboxylic acids is 1. The highest BCUT2D eigenvalue weighted by atomic mass is 32.1. The molecule has 0 saturated heterocycles. The van der Waals surface area contributed by atoms with Crippen molar-refractivity contribution < 1.29 is 9.21 Å². The van der Waals surface area contributed by atoms with Gasteiger partial charge in [-0.25, -0.2) is 9.78 Å². The molecule has 19 heavy (non-hydrogen) atoms. The lowest BCUT2D eigenvalue weighted by Gasteiger charge is -2.12. The summed E-state index contributed by atoms with van der Waals surface area (Å²) in [7, 11) is 0. The number of hydrogen-bond donors (Lipinski definition) is 2. The highest BCUT2D eigenvalue weighted by Crippen LogP contribution is 2.08. The van der Waals surface area contributed by atoms with E-state index in [1.165, 1.54) is 0 Å². The minimum atomic E-state index is -0.188. The number of aromatic nitrogens is 1. The minimum Gasteiger partial charge on any atom is -0.469 e. The van der Waals surface area contributed by atoms with Crippen molar-refractivity contribution in [3.8, 4) is 0 Å². The molecule has 0 saturated carbocycles. The van der Waals surface area contributed by atoms with Gasteiger partial charge in [0, 0.05) is 23.5 Å². The van der Waals surface area contributed by atoms with Gasteiger partial charge in [0.25, 0.3) is 0 Å². The van der Waals surface area contributed by atoms with Crippen LogP contribution in [0.3, 0.4) is 0 Å². The predicted octanol–water partition coefficient (Wildman–Crippen LogP) is 2.47. The number of amides is 2.